The van der Waals surface area contributed by atoms with Crippen LogP contribution in [0.2, 0.25) is 0 Å². The largest absolute Gasteiger partial charge is 0.293 e. The third-order valence-corrected chi connectivity index (χ3v) is 4.92. The summed E-state index contributed by atoms with van der Waals surface area (Å²) in [6.45, 7) is 3.85. The number of ketones is 2. The molecular formula is C14H14O2S2. The number of rotatable bonds is 5. The molecule has 94 valence electrons. The molecule has 2 nitrogen and oxygen atoms in total. The summed E-state index contributed by atoms with van der Waals surface area (Å²) in [7, 11) is 0. The zero-order valence-electron chi connectivity index (χ0n) is 10.4. The van der Waals surface area contributed by atoms with Gasteiger partial charge in [-0.25, -0.2) is 0 Å². The van der Waals surface area contributed by atoms with Crippen molar-refractivity contribution in [2.45, 2.75) is 26.7 Å². The normalized spacial score (nSPS) is 10.6. The lowest BCUT2D eigenvalue weighted by atomic mass is 10.1. The standard InChI is InChI=1S/C14H14O2S2/c1-9-5-7-17-13(9)11(15)3-4-12(16)14-10(2)6-8-18-14/h5-8H,3-4H2,1-2H3. The van der Waals surface area contributed by atoms with Gasteiger partial charge in [0.15, 0.2) is 11.6 Å². The number of hydrogen-bond acceptors (Lipinski definition) is 4. The van der Waals surface area contributed by atoms with Gasteiger partial charge in [0.25, 0.3) is 0 Å². The van der Waals surface area contributed by atoms with E-state index in [1.165, 1.54) is 22.7 Å². The number of carbonyl (C=O) groups excluding carboxylic acids is 2. The molecule has 0 bridgehead atoms. The van der Waals surface area contributed by atoms with Crippen molar-refractivity contribution < 1.29 is 9.59 Å². The fraction of sp³-hybridized carbons (Fsp3) is 0.286. The second-order valence-electron chi connectivity index (χ2n) is 4.21. The number of Topliss-reactive ketones (excluding diaryl/α,β-unsaturated/α-hetero) is 2. The molecule has 0 aliphatic heterocycles. The van der Waals surface area contributed by atoms with E-state index in [-0.39, 0.29) is 11.6 Å². The van der Waals surface area contributed by atoms with E-state index >= 15 is 0 Å². The van der Waals surface area contributed by atoms with Crippen molar-refractivity contribution in [3.8, 4) is 0 Å². The predicted molar refractivity (Wildman–Crippen MR) is 76.0 cm³/mol. The number of carbonyl (C=O) groups is 2. The summed E-state index contributed by atoms with van der Waals surface area (Å²) in [6.07, 6.45) is 0.606. The molecular weight excluding hydrogens is 264 g/mol. The van der Waals surface area contributed by atoms with E-state index in [0.717, 1.165) is 20.9 Å². The van der Waals surface area contributed by atoms with Crippen LogP contribution in [0.15, 0.2) is 22.9 Å². The first-order valence-electron chi connectivity index (χ1n) is 5.74. The Balaban J connectivity index is 1.97. The molecule has 4 heteroatoms. The van der Waals surface area contributed by atoms with Crippen LogP contribution in [0, 0.1) is 13.8 Å². The first-order valence-corrected chi connectivity index (χ1v) is 7.50. The molecule has 0 amide bonds. The van der Waals surface area contributed by atoms with Crippen LogP contribution in [0.4, 0.5) is 0 Å². The van der Waals surface area contributed by atoms with Crippen molar-refractivity contribution in [3.63, 3.8) is 0 Å². The molecule has 2 rings (SSSR count). The molecule has 2 aromatic heterocycles. The van der Waals surface area contributed by atoms with Crippen LogP contribution in [0.1, 0.15) is 43.3 Å². The van der Waals surface area contributed by atoms with E-state index in [1.807, 2.05) is 36.7 Å². The van der Waals surface area contributed by atoms with E-state index < -0.39 is 0 Å². The lowest BCUT2D eigenvalue weighted by Gasteiger charge is -2.00. The van der Waals surface area contributed by atoms with Gasteiger partial charge < -0.3 is 0 Å². The zero-order valence-corrected chi connectivity index (χ0v) is 12.0. The zero-order chi connectivity index (χ0) is 13.1. The second kappa shape index (κ2) is 5.59. The van der Waals surface area contributed by atoms with Gasteiger partial charge in [0.2, 0.25) is 0 Å². The molecule has 0 saturated carbocycles. The number of aryl methyl sites for hydroxylation is 2. The van der Waals surface area contributed by atoms with Crippen molar-refractivity contribution in [1.82, 2.24) is 0 Å². The Morgan fingerprint density at radius 3 is 1.56 bits per heavy atom. The molecule has 0 atom stereocenters. The summed E-state index contributed by atoms with van der Waals surface area (Å²) in [5.41, 5.74) is 2.01. The Labute approximate surface area is 114 Å². The fourth-order valence-electron chi connectivity index (χ4n) is 1.77. The lowest BCUT2D eigenvalue weighted by Crippen LogP contribution is -2.04. The summed E-state index contributed by atoms with van der Waals surface area (Å²) in [6, 6.07) is 3.87. The highest BCUT2D eigenvalue weighted by Gasteiger charge is 2.15. The molecule has 0 N–H and O–H groups in total. The molecule has 0 unspecified atom stereocenters. The Kier molecular flexibility index (Phi) is 4.09. The maximum atomic E-state index is 11.9. The molecule has 0 fully saturated rings. The van der Waals surface area contributed by atoms with Gasteiger partial charge in [-0.2, -0.15) is 0 Å². The summed E-state index contributed by atoms with van der Waals surface area (Å²) >= 11 is 2.90. The quantitative estimate of drug-likeness (QED) is 0.765. The molecule has 0 aliphatic rings. The van der Waals surface area contributed by atoms with E-state index in [2.05, 4.69) is 0 Å². The SMILES string of the molecule is Cc1ccsc1C(=O)CCC(=O)c1sccc1C. The lowest BCUT2D eigenvalue weighted by molar-refractivity contribution is 0.0921. The van der Waals surface area contributed by atoms with Crippen LogP contribution in [-0.4, -0.2) is 11.6 Å². The van der Waals surface area contributed by atoms with Crippen molar-refractivity contribution in [2.24, 2.45) is 0 Å². The molecule has 0 saturated heterocycles. The maximum absolute atomic E-state index is 11.9. The summed E-state index contributed by atoms with van der Waals surface area (Å²) in [5, 5.41) is 3.82. The summed E-state index contributed by atoms with van der Waals surface area (Å²) in [4.78, 5) is 25.5. The van der Waals surface area contributed by atoms with Gasteiger partial charge in [0, 0.05) is 12.8 Å². The minimum atomic E-state index is 0.0741. The molecule has 0 radical (unpaired) electrons. The van der Waals surface area contributed by atoms with Crippen molar-refractivity contribution >= 4 is 34.2 Å². The van der Waals surface area contributed by atoms with Crippen LogP contribution < -0.4 is 0 Å². The van der Waals surface area contributed by atoms with Gasteiger partial charge in [-0.15, -0.1) is 22.7 Å². The van der Waals surface area contributed by atoms with Gasteiger partial charge in [-0.05, 0) is 47.9 Å². The van der Waals surface area contributed by atoms with Crippen molar-refractivity contribution in [2.75, 3.05) is 0 Å². The van der Waals surface area contributed by atoms with Gasteiger partial charge >= 0.3 is 0 Å². The van der Waals surface area contributed by atoms with Gasteiger partial charge in [0.05, 0.1) is 9.75 Å². The van der Waals surface area contributed by atoms with Crippen LogP contribution in [-0.2, 0) is 0 Å². The summed E-state index contributed by atoms with van der Waals surface area (Å²) < 4.78 is 0. The third kappa shape index (κ3) is 2.76. The van der Waals surface area contributed by atoms with Gasteiger partial charge in [-0.3, -0.25) is 9.59 Å². The highest BCUT2D eigenvalue weighted by Crippen LogP contribution is 2.21. The Morgan fingerprint density at radius 1 is 0.889 bits per heavy atom. The van der Waals surface area contributed by atoms with E-state index in [4.69, 9.17) is 0 Å². The highest BCUT2D eigenvalue weighted by atomic mass is 32.1. The smallest absolute Gasteiger partial charge is 0.173 e. The van der Waals surface area contributed by atoms with Crippen LogP contribution in [0.3, 0.4) is 0 Å². The van der Waals surface area contributed by atoms with E-state index in [1.54, 1.807) is 0 Å². The monoisotopic (exact) mass is 278 g/mol. The minimum absolute atomic E-state index is 0.0741. The van der Waals surface area contributed by atoms with E-state index in [9.17, 15) is 9.59 Å². The fourth-order valence-corrected chi connectivity index (χ4v) is 3.56. The maximum Gasteiger partial charge on any atom is 0.173 e. The third-order valence-electron chi connectivity index (χ3n) is 2.81. The highest BCUT2D eigenvalue weighted by molar-refractivity contribution is 7.12. The first kappa shape index (κ1) is 13.2. The number of thiophene rings is 2. The Hall–Kier alpha value is -1.26. The first-order chi connectivity index (χ1) is 8.59. The van der Waals surface area contributed by atoms with E-state index in [0.29, 0.717) is 12.8 Å². The minimum Gasteiger partial charge on any atom is -0.293 e. The second-order valence-corrected chi connectivity index (χ2v) is 6.04. The molecule has 2 aromatic rings. The van der Waals surface area contributed by atoms with Crippen LogP contribution in [0.5, 0.6) is 0 Å². The van der Waals surface area contributed by atoms with Gasteiger partial charge in [0.1, 0.15) is 0 Å². The molecule has 18 heavy (non-hydrogen) atoms. The molecule has 0 aliphatic carbocycles. The molecule has 0 aromatic carbocycles. The molecule has 2 heterocycles. The van der Waals surface area contributed by atoms with Crippen molar-refractivity contribution in [3.05, 3.63) is 43.8 Å². The predicted octanol–water partition coefficient (Wildman–Crippen LogP) is 4.27. The average Bonchev–Trinajstić information content (AvgIpc) is 2.94. The Bertz CT molecular complexity index is 526. The average molecular weight is 278 g/mol. The van der Waals surface area contributed by atoms with Crippen molar-refractivity contribution in [1.29, 1.82) is 0 Å². The summed E-state index contributed by atoms with van der Waals surface area (Å²) in [5.74, 6) is 0.148. The molecule has 0 spiro atoms. The van der Waals surface area contributed by atoms with Crippen LogP contribution >= 0.6 is 22.7 Å². The van der Waals surface area contributed by atoms with Gasteiger partial charge in [-0.1, -0.05) is 0 Å². The number of hydrogen-bond donors (Lipinski definition) is 0. The topological polar surface area (TPSA) is 34.1 Å². The van der Waals surface area contributed by atoms with Crippen LogP contribution in [0.25, 0.3) is 0 Å². The Morgan fingerprint density at radius 2 is 1.28 bits per heavy atom.